The van der Waals surface area contributed by atoms with Crippen LogP contribution in [-0.2, 0) is 42.9 Å². The molecule has 14 heteroatoms. The highest BCUT2D eigenvalue weighted by molar-refractivity contribution is 7.80. The Labute approximate surface area is 256 Å². The molecule has 1 heterocycles. The van der Waals surface area contributed by atoms with Crippen LogP contribution < -0.4 is 5.32 Å². The molecule has 1 rings (SSSR count). The maximum Gasteiger partial charge on any atom is 0.308 e. The van der Waals surface area contributed by atoms with Crippen molar-refractivity contribution in [1.29, 1.82) is 0 Å². The number of rotatable bonds is 16. The zero-order chi connectivity index (χ0) is 30.3. The van der Waals surface area contributed by atoms with Crippen LogP contribution in [0.3, 0.4) is 0 Å². The first-order valence-electron chi connectivity index (χ1n) is 13.5. The van der Waals surface area contributed by atoms with E-state index in [-0.39, 0.29) is 11.7 Å². The number of halogens is 3. The van der Waals surface area contributed by atoms with Gasteiger partial charge in [-0.15, -0.1) is 0 Å². The van der Waals surface area contributed by atoms with Crippen molar-refractivity contribution in [3.63, 3.8) is 0 Å². The van der Waals surface area contributed by atoms with Crippen LogP contribution in [0.15, 0.2) is 0 Å². The van der Waals surface area contributed by atoms with Crippen LogP contribution >= 0.6 is 47.0 Å². The molecule has 0 radical (unpaired) electrons. The molecule has 1 aliphatic rings. The Morgan fingerprint density at radius 2 is 1.30 bits per heavy atom. The molecule has 1 amide bonds. The van der Waals surface area contributed by atoms with Gasteiger partial charge >= 0.3 is 17.9 Å². The molecule has 5 atom stereocenters. The van der Waals surface area contributed by atoms with E-state index in [1.807, 2.05) is 0 Å². The Balaban J connectivity index is 3.03. The Kier molecular flexibility index (Phi) is 17.5. The summed E-state index contributed by atoms with van der Waals surface area (Å²) < 4.78 is 25.3. The fourth-order valence-electron chi connectivity index (χ4n) is 4.20. The molecule has 1 fully saturated rings. The smallest absolute Gasteiger partial charge is 0.308 e. The van der Waals surface area contributed by atoms with Crippen LogP contribution in [0, 0.1) is 0 Å². The van der Waals surface area contributed by atoms with Gasteiger partial charge in [0.2, 0.25) is 5.05 Å². The lowest BCUT2D eigenvalue weighted by molar-refractivity contribution is -0.259. The van der Waals surface area contributed by atoms with Crippen LogP contribution in [0.2, 0.25) is 0 Å². The van der Waals surface area contributed by atoms with Gasteiger partial charge in [-0.05, 0) is 18.6 Å². The summed E-state index contributed by atoms with van der Waals surface area (Å²) in [5, 5.41) is 2.07. The fourth-order valence-corrected chi connectivity index (χ4v) is 4.67. The molecule has 0 aliphatic carbocycles. The normalized spacial score (nSPS) is 22.7. The number of hydrogen-bond donors (Lipinski definition) is 1. The third kappa shape index (κ3) is 14.1. The fraction of sp³-hybridized carbons (Fsp3) is 0.808. The number of carbonyl (C=O) groups is 4. The molecule has 1 saturated heterocycles. The number of hydrogen-bond acceptors (Lipinski definition) is 10. The van der Waals surface area contributed by atoms with E-state index in [9.17, 15) is 19.2 Å². The molecular weight excluding hydrogens is 609 g/mol. The molecule has 40 heavy (non-hydrogen) atoms. The summed E-state index contributed by atoms with van der Waals surface area (Å²) in [6.07, 6.45) is 5.64. The second kappa shape index (κ2) is 19.0. The van der Waals surface area contributed by atoms with E-state index in [0.717, 1.165) is 40.0 Å². The van der Waals surface area contributed by atoms with Crippen molar-refractivity contribution in [2.45, 2.75) is 126 Å². The zero-order valence-electron chi connectivity index (χ0n) is 23.4. The summed E-state index contributed by atoms with van der Waals surface area (Å²) in [5.74, 6) is -3.35. The molecule has 0 unspecified atom stereocenters. The van der Waals surface area contributed by atoms with Gasteiger partial charge in [0.15, 0.2) is 24.6 Å². The molecule has 1 aliphatic heterocycles. The van der Waals surface area contributed by atoms with Gasteiger partial charge in [-0.3, -0.25) is 19.2 Å². The van der Waals surface area contributed by atoms with E-state index in [0.29, 0.717) is 6.42 Å². The molecule has 0 aromatic rings. The molecule has 0 saturated carbocycles. The van der Waals surface area contributed by atoms with E-state index < -0.39 is 58.3 Å². The third-order valence-electron chi connectivity index (χ3n) is 5.97. The molecular formula is C26H40Cl3NO9S. The highest BCUT2D eigenvalue weighted by Crippen LogP contribution is 2.31. The number of unbranched alkanes of at least 4 members (excludes halogenated alkanes) is 9. The van der Waals surface area contributed by atoms with E-state index in [1.54, 1.807) is 0 Å². The Morgan fingerprint density at radius 1 is 0.800 bits per heavy atom. The molecule has 10 nitrogen and oxygen atoms in total. The lowest BCUT2D eigenvalue weighted by Gasteiger charge is -2.45. The van der Waals surface area contributed by atoms with Crippen molar-refractivity contribution in [3.8, 4) is 0 Å². The first-order chi connectivity index (χ1) is 18.8. The minimum atomic E-state index is -2.37. The number of nitrogens with one attached hydrogen (secondary N) is 1. The van der Waals surface area contributed by atoms with Gasteiger partial charge in [-0.25, -0.2) is 0 Å². The van der Waals surface area contributed by atoms with Crippen LogP contribution in [0.5, 0.6) is 0 Å². The number of carbonyl (C=O) groups excluding carboxylic acids is 4. The second-order valence-corrected chi connectivity index (χ2v) is 12.2. The van der Waals surface area contributed by atoms with Crippen molar-refractivity contribution < 1.29 is 42.9 Å². The van der Waals surface area contributed by atoms with Gasteiger partial charge in [-0.2, -0.15) is 0 Å². The molecule has 0 spiro atoms. The van der Waals surface area contributed by atoms with Gasteiger partial charge in [0, 0.05) is 27.4 Å². The van der Waals surface area contributed by atoms with Crippen molar-refractivity contribution in [2.75, 3.05) is 6.61 Å². The molecule has 0 bridgehead atoms. The van der Waals surface area contributed by atoms with Crippen LogP contribution in [0.4, 0.5) is 0 Å². The van der Waals surface area contributed by atoms with Crippen molar-refractivity contribution in [2.24, 2.45) is 0 Å². The molecule has 0 aromatic carbocycles. The molecule has 230 valence electrons. The zero-order valence-corrected chi connectivity index (χ0v) is 26.5. The standard InChI is InChI=1S/C26H40Cl3NO9S/c1-5-6-7-8-9-10-11-12-13-14-15-35-23-19(30-25(34)26(27,28)29)20(36-16(2)31)21(37-17(3)32)22(39-23)24(40)38-18(4)33/h19-23H,5-15H2,1-4H3,(H,30,34)/t19-,20-,21+,22+,23-/m1/s1. The van der Waals surface area contributed by atoms with Crippen molar-refractivity contribution in [3.05, 3.63) is 0 Å². The summed E-state index contributed by atoms with van der Waals surface area (Å²) in [7, 11) is 0. The number of thiocarbonyl (C=S) groups is 1. The molecule has 1 N–H and O–H groups in total. The van der Waals surface area contributed by atoms with Crippen LogP contribution in [-0.4, -0.2) is 69.9 Å². The largest absolute Gasteiger partial charge is 0.456 e. The highest BCUT2D eigenvalue weighted by Gasteiger charge is 2.54. The number of alkyl halides is 3. The van der Waals surface area contributed by atoms with Gasteiger partial charge in [0.1, 0.15) is 6.04 Å². The van der Waals surface area contributed by atoms with E-state index in [4.69, 9.17) is 70.7 Å². The van der Waals surface area contributed by atoms with E-state index >= 15 is 0 Å². The predicted molar refractivity (Wildman–Crippen MR) is 154 cm³/mol. The summed E-state index contributed by atoms with van der Waals surface area (Å²) in [5.41, 5.74) is 0. The minimum Gasteiger partial charge on any atom is -0.456 e. The summed E-state index contributed by atoms with van der Waals surface area (Å²) in [4.78, 5) is 48.2. The first kappa shape index (κ1) is 36.8. The highest BCUT2D eigenvalue weighted by atomic mass is 35.6. The van der Waals surface area contributed by atoms with Gasteiger partial charge < -0.3 is 29.0 Å². The molecule has 0 aromatic heterocycles. The quantitative estimate of drug-likeness (QED) is 0.0779. The average molecular weight is 649 g/mol. The van der Waals surface area contributed by atoms with Gasteiger partial charge in [0.25, 0.3) is 9.70 Å². The third-order valence-corrected chi connectivity index (χ3v) is 6.80. The minimum absolute atomic E-state index is 0.208. The predicted octanol–water partition coefficient (Wildman–Crippen LogP) is 5.26. The monoisotopic (exact) mass is 647 g/mol. The van der Waals surface area contributed by atoms with Crippen LogP contribution in [0.25, 0.3) is 0 Å². The van der Waals surface area contributed by atoms with E-state index in [1.165, 1.54) is 38.5 Å². The Morgan fingerprint density at radius 3 is 1.77 bits per heavy atom. The Hall–Kier alpha value is -1.24. The number of amides is 1. The Bertz CT molecular complexity index is 856. The maximum atomic E-state index is 12.6. The summed E-state index contributed by atoms with van der Waals surface area (Å²) in [6.45, 7) is 5.76. The SMILES string of the molecule is CCCCCCCCCCCCO[C@@H]1O[C@H](C(=S)OC(C)=O)[C@@H](OC(C)=O)[C@H](OC(C)=O)[C@H]1NC(=O)C(Cl)(Cl)Cl. The second-order valence-electron chi connectivity index (χ2n) is 9.54. The summed E-state index contributed by atoms with van der Waals surface area (Å²) in [6, 6.07) is -1.28. The maximum absolute atomic E-state index is 12.6. The van der Waals surface area contributed by atoms with Crippen LogP contribution in [0.1, 0.15) is 91.9 Å². The van der Waals surface area contributed by atoms with E-state index in [2.05, 4.69) is 12.2 Å². The van der Waals surface area contributed by atoms with Crippen molar-refractivity contribution in [1.82, 2.24) is 5.32 Å². The lowest BCUT2D eigenvalue weighted by atomic mass is 9.96. The average Bonchev–Trinajstić information content (AvgIpc) is 2.83. The lowest BCUT2D eigenvalue weighted by Crippen LogP contribution is -2.68. The summed E-state index contributed by atoms with van der Waals surface area (Å²) >= 11 is 22.5. The van der Waals surface area contributed by atoms with Crippen molar-refractivity contribution >= 4 is 75.9 Å². The van der Waals surface area contributed by atoms with Gasteiger partial charge in [-0.1, -0.05) is 99.5 Å². The topological polar surface area (TPSA) is 126 Å². The number of ether oxygens (including phenoxy) is 5. The van der Waals surface area contributed by atoms with Gasteiger partial charge in [0.05, 0.1) is 0 Å². The number of esters is 3. The first-order valence-corrected chi connectivity index (χ1v) is 15.0.